The molecule has 2 bridgehead atoms. The van der Waals surface area contributed by atoms with Gasteiger partial charge in [0.25, 0.3) is 0 Å². The maximum atomic E-state index is 15.5. The number of fused-ring (bicyclic) bond motifs is 2. The van der Waals surface area contributed by atoms with Crippen LogP contribution in [0.2, 0.25) is 0 Å². The quantitative estimate of drug-likeness (QED) is 0.358. The average Bonchev–Trinajstić information content (AvgIpc) is 2.71. The van der Waals surface area contributed by atoms with Gasteiger partial charge in [-0.2, -0.15) is 26.3 Å². The highest BCUT2D eigenvalue weighted by atomic mass is 19.4. The summed E-state index contributed by atoms with van der Waals surface area (Å²) < 4.78 is 120. The highest BCUT2D eigenvalue weighted by Crippen LogP contribution is 2.77. The van der Waals surface area contributed by atoms with Crippen molar-refractivity contribution in [2.45, 2.75) is 73.7 Å². The molecule has 5 rings (SSSR count). The Labute approximate surface area is 155 Å². The Kier molecular flexibility index (Phi) is 4.00. The molecule has 0 radical (unpaired) electrons. The molecule has 5 aliphatic rings. The number of alkyl halides is 8. The lowest BCUT2D eigenvalue weighted by molar-refractivity contribution is -0.296. The van der Waals surface area contributed by atoms with Crippen molar-refractivity contribution in [3.8, 4) is 0 Å². The molecule has 6 atom stereocenters. The van der Waals surface area contributed by atoms with Crippen LogP contribution in [0.1, 0.15) is 38.5 Å². The monoisotopic (exact) mass is 418 g/mol. The molecule has 4 saturated carbocycles. The van der Waals surface area contributed by atoms with Gasteiger partial charge in [0.1, 0.15) is 6.10 Å². The fraction of sp³-hybridized carbons (Fsp3) is 0.833. The van der Waals surface area contributed by atoms with Crippen LogP contribution in [0.5, 0.6) is 0 Å². The summed E-state index contributed by atoms with van der Waals surface area (Å²) >= 11 is 0. The zero-order valence-corrected chi connectivity index (χ0v) is 14.5. The van der Waals surface area contributed by atoms with Gasteiger partial charge in [0.15, 0.2) is 0 Å². The fourth-order valence-electron chi connectivity index (χ4n) is 5.50. The predicted molar refractivity (Wildman–Crippen MR) is 79.7 cm³/mol. The number of allylic oxidation sites excluding steroid dienone is 2. The summed E-state index contributed by atoms with van der Waals surface area (Å²) in [5, 5.41) is 0. The van der Waals surface area contributed by atoms with E-state index in [0.29, 0.717) is 19.3 Å². The molecule has 0 aromatic rings. The molecule has 158 valence electrons. The summed E-state index contributed by atoms with van der Waals surface area (Å²) in [5.41, 5.74) is -9.56. The molecule has 0 amide bonds. The van der Waals surface area contributed by atoms with Gasteiger partial charge in [-0.1, -0.05) is 12.2 Å². The molecule has 2 nitrogen and oxygen atoms in total. The molecular weight excluding hydrogens is 400 g/mol. The van der Waals surface area contributed by atoms with E-state index in [4.69, 9.17) is 4.74 Å². The third kappa shape index (κ3) is 1.92. The van der Waals surface area contributed by atoms with Crippen LogP contribution in [0.3, 0.4) is 0 Å². The van der Waals surface area contributed by atoms with Gasteiger partial charge in [-0.3, -0.25) is 4.79 Å². The summed E-state index contributed by atoms with van der Waals surface area (Å²) in [5.74, 6) is -23.9. The van der Waals surface area contributed by atoms with Crippen molar-refractivity contribution in [2.75, 3.05) is 0 Å². The smallest absolute Gasteiger partial charge is 0.378 e. The van der Waals surface area contributed by atoms with Gasteiger partial charge < -0.3 is 4.74 Å². The molecule has 0 aliphatic heterocycles. The van der Waals surface area contributed by atoms with Crippen molar-refractivity contribution >= 4 is 5.97 Å². The third-order valence-electron chi connectivity index (χ3n) is 6.97. The summed E-state index contributed by atoms with van der Waals surface area (Å²) in [6.07, 6.45) is 1.45. The van der Waals surface area contributed by atoms with E-state index in [1.807, 2.05) is 6.08 Å². The molecule has 0 saturated heterocycles. The number of carbonyl (C=O) groups is 1. The maximum Gasteiger partial charge on any atom is 0.378 e. The largest absolute Gasteiger partial charge is 0.462 e. The van der Waals surface area contributed by atoms with Gasteiger partial charge in [-0.25, -0.2) is 8.78 Å². The Balaban J connectivity index is 1.70. The van der Waals surface area contributed by atoms with Crippen LogP contribution in [-0.2, 0) is 9.53 Å². The zero-order valence-electron chi connectivity index (χ0n) is 14.5. The van der Waals surface area contributed by atoms with E-state index in [2.05, 4.69) is 0 Å². The van der Waals surface area contributed by atoms with Gasteiger partial charge in [-0.05, 0) is 38.5 Å². The van der Waals surface area contributed by atoms with Gasteiger partial charge in [-0.15, -0.1) is 0 Å². The van der Waals surface area contributed by atoms with Crippen molar-refractivity contribution in [1.82, 2.24) is 0 Å². The number of carbonyl (C=O) groups excluding carboxylic acids is 1. The molecule has 10 heteroatoms. The number of hydrogen-bond acceptors (Lipinski definition) is 2. The van der Waals surface area contributed by atoms with E-state index < -0.39 is 78.2 Å². The highest BCUT2D eigenvalue weighted by molar-refractivity contribution is 5.73. The summed E-state index contributed by atoms with van der Waals surface area (Å²) in [6, 6.07) is 0. The van der Waals surface area contributed by atoms with Crippen molar-refractivity contribution in [2.24, 2.45) is 17.8 Å². The fourth-order valence-corrected chi connectivity index (χ4v) is 5.50. The summed E-state index contributed by atoms with van der Waals surface area (Å²) in [4.78, 5) is 12.3. The second-order valence-electron chi connectivity index (χ2n) is 8.22. The first-order valence-corrected chi connectivity index (χ1v) is 9.20. The Morgan fingerprint density at radius 2 is 1.46 bits per heavy atom. The molecular formula is C18H18F8O2. The van der Waals surface area contributed by atoms with E-state index in [0.717, 1.165) is 0 Å². The van der Waals surface area contributed by atoms with Crippen molar-refractivity contribution < 1.29 is 44.7 Å². The average molecular weight is 418 g/mol. The molecule has 5 aliphatic carbocycles. The van der Waals surface area contributed by atoms with Crippen LogP contribution in [0, 0.1) is 17.8 Å². The molecule has 28 heavy (non-hydrogen) atoms. The molecule has 0 aromatic carbocycles. The van der Waals surface area contributed by atoms with Crippen LogP contribution in [-0.4, -0.2) is 41.2 Å². The minimum atomic E-state index is -6.20. The predicted octanol–water partition coefficient (Wildman–Crippen LogP) is 5.02. The zero-order chi connectivity index (χ0) is 20.8. The lowest BCUT2D eigenvalue weighted by Gasteiger charge is -2.56. The van der Waals surface area contributed by atoms with Crippen molar-refractivity contribution in [1.29, 1.82) is 0 Å². The highest BCUT2D eigenvalue weighted by Gasteiger charge is 3.02. The number of esters is 1. The van der Waals surface area contributed by atoms with Crippen LogP contribution in [0.15, 0.2) is 12.2 Å². The first-order chi connectivity index (χ1) is 12.8. The number of ether oxygens (including phenoxy) is 1. The van der Waals surface area contributed by atoms with Crippen LogP contribution in [0.4, 0.5) is 35.1 Å². The minimum absolute atomic E-state index is 0.305. The van der Waals surface area contributed by atoms with Crippen LogP contribution >= 0.6 is 0 Å². The first-order valence-electron chi connectivity index (χ1n) is 9.20. The topological polar surface area (TPSA) is 26.3 Å². The van der Waals surface area contributed by atoms with Crippen molar-refractivity contribution in [3.63, 3.8) is 0 Å². The van der Waals surface area contributed by atoms with Gasteiger partial charge in [0, 0.05) is 11.8 Å². The molecule has 0 N–H and O–H groups in total. The SMILES string of the molecule is O=C(OC1CC2CCC1C1(F)C(F)(F)C(F)(F)C(F)(F)C21F)C1CC=CCC1. The van der Waals surface area contributed by atoms with Crippen molar-refractivity contribution in [3.05, 3.63) is 12.2 Å². The first kappa shape index (κ1) is 19.9. The molecule has 6 unspecified atom stereocenters. The molecule has 0 aromatic heterocycles. The Morgan fingerprint density at radius 3 is 2.07 bits per heavy atom. The lowest BCUT2D eigenvalue weighted by Crippen LogP contribution is -2.73. The van der Waals surface area contributed by atoms with E-state index in [1.165, 1.54) is 0 Å². The van der Waals surface area contributed by atoms with Gasteiger partial charge in [0.2, 0.25) is 11.3 Å². The second kappa shape index (κ2) is 5.62. The Bertz CT molecular complexity index is 722. The van der Waals surface area contributed by atoms with Gasteiger partial charge in [0.05, 0.1) is 5.92 Å². The minimum Gasteiger partial charge on any atom is -0.462 e. The number of hydrogen-bond donors (Lipinski definition) is 0. The van der Waals surface area contributed by atoms with E-state index >= 15 is 8.78 Å². The second-order valence-corrected chi connectivity index (χ2v) is 8.22. The maximum absolute atomic E-state index is 15.5. The lowest BCUT2D eigenvalue weighted by atomic mass is 9.54. The Morgan fingerprint density at radius 1 is 0.821 bits per heavy atom. The summed E-state index contributed by atoms with van der Waals surface area (Å²) in [7, 11) is 0. The Hall–Kier alpha value is -1.35. The molecule has 0 spiro atoms. The number of rotatable bonds is 2. The molecule has 0 heterocycles. The van der Waals surface area contributed by atoms with Crippen LogP contribution < -0.4 is 0 Å². The normalized spacial score (nSPS) is 47.6. The number of halogens is 8. The van der Waals surface area contributed by atoms with E-state index in [1.54, 1.807) is 6.08 Å². The van der Waals surface area contributed by atoms with Gasteiger partial charge >= 0.3 is 23.7 Å². The molecule has 4 fully saturated rings. The third-order valence-corrected chi connectivity index (χ3v) is 6.97. The van der Waals surface area contributed by atoms with Crippen LogP contribution in [0.25, 0.3) is 0 Å². The van der Waals surface area contributed by atoms with E-state index in [-0.39, 0.29) is 0 Å². The standard InChI is InChI=1S/C18H18F8O2/c19-14-10-6-7-11(12(8-10)28-13(27)9-4-2-1-3-5-9)15(14,20)17(23,24)18(25,26)16(14,21)22/h1-2,9-12H,3-8H2. The van der Waals surface area contributed by atoms with E-state index in [9.17, 15) is 31.1 Å². The summed E-state index contributed by atoms with van der Waals surface area (Å²) in [6.45, 7) is 0.